The van der Waals surface area contributed by atoms with Gasteiger partial charge < -0.3 is 5.32 Å². The molecule has 0 aliphatic heterocycles. The molecule has 0 bridgehead atoms. The summed E-state index contributed by atoms with van der Waals surface area (Å²) in [6.45, 7) is 3.18. The van der Waals surface area contributed by atoms with Crippen molar-refractivity contribution in [1.29, 1.82) is 0 Å². The van der Waals surface area contributed by atoms with E-state index in [0.717, 1.165) is 18.2 Å². The number of nitro groups is 1. The second-order valence-corrected chi connectivity index (χ2v) is 4.66. The molecule has 1 N–H and O–H groups in total. The summed E-state index contributed by atoms with van der Waals surface area (Å²) in [5.74, 6) is -1.19. The molecule has 0 saturated heterocycles. The Kier molecular flexibility index (Phi) is 4.24. The molecule has 1 amide bonds. The smallest absolute Gasteiger partial charge is 0.271 e. The van der Waals surface area contributed by atoms with Gasteiger partial charge in [-0.25, -0.2) is 4.39 Å². The molecule has 0 aliphatic carbocycles. The first kappa shape index (κ1) is 14.4. The summed E-state index contributed by atoms with van der Waals surface area (Å²) >= 11 is 5.61. The van der Waals surface area contributed by atoms with Crippen molar-refractivity contribution < 1.29 is 14.1 Å². The Morgan fingerprint density at radius 2 is 2.17 bits per heavy atom. The molecular formula is C11H12ClFN2O3. The topological polar surface area (TPSA) is 72.2 Å². The number of amides is 1. The number of non-ortho nitro benzene ring substituents is 1. The van der Waals surface area contributed by atoms with Gasteiger partial charge in [-0.3, -0.25) is 14.9 Å². The number of hydrogen-bond acceptors (Lipinski definition) is 3. The third-order valence-electron chi connectivity index (χ3n) is 2.36. The van der Waals surface area contributed by atoms with Crippen LogP contribution >= 0.6 is 11.6 Å². The van der Waals surface area contributed by atoms with Crippen LogP contribution in [0.3, 0.4) is 0 Å². The van der Waals surface area contributed by atoms with Crippen LogP contribution in [0, 0.1) is 21.3 Å². The summed E-state index contributed by atoms with van der Waals surface area (Å²) in [7, 11) is 0. The SMILES string of the molecule is CC(C)(CCl)C(=O)Nc1cc([N+](=O)[O-])ccc1F. The summed E-state index contributed by atoms with van der Waals surface area (Å²) in [6, 6.07) is 2.93. The normalized spacial score (nSPS) is 11.1. The van der Waals surface area contributed by atoms with Crippen LogP contribution < -0.4 is 5.32 Å². The molecule has 0 fully saturated rings. The fraction of sp³-hybridized carbons (Fsp3) is 0.364. The fourth-order valence-electron chi connectivity index (χ4n) is 1.07. The number of anilines is 1. The predicted molar refractivity (Wildman–Crippen MR) is 66.2 cm³/mol. The van der Waals surface area contributed by atoms with Crippen molar-refractivity contribution >= 4 is 28.9 Å². The monoisotopic (exact) mass is 274 g/mol. The highest BCUT2D eigenvalue weighted by atomic mass is 35.5. The Morgan fingerprint density at radius 1 is 1.56 bits per heavy atom. The maximum Gasteiger partial charge on any atom is 0.271 e. The maximum atomic E-state index is 13.4. The quantitative estimate of drug-likeness (QED) is 0.521. The standard InChI is InChI=1S/C11H12ClFN2O3/c1-11(2,6-12)10(16)14-9-5-7(15(17)18)3-4-8(9)13/h3-5H,6H2,1-2H3,(H,14,16). The van der Waals surface area contributed by atoms with E-state index < -0.39 is 22.1 Å². The molecule has 7 heteroatoms. The number of nitrogens with zero attached hydrogens (tertiary/aromatic N) is 1. The van der Waals surface area contributed by atoms with Gasteiger partial charge in [0.15, 0.2) is 0 Å². The van der Waals surface area contributed by atoms with Crippen molar-refractivity contribution in [3.05, 3.63) is 34.1 Å². The number of hydrogen-bond donors (Lipinski definition) is 1. The lowest BCUT2D eigenvalue weighted by Crippen LogP contribution is -2.32. The summed E-state index contributed by atoms with van der Waals surface area (Å²) in [5.41, 5.74) is -1.42. The average molecular weight is 275 g/mol. The Labute approximate surface area is 108 Å². The first-order valence-corrected chi connectivity index (χ1v) is 5.63. The molecule has 0 radical (unpaired) electrons. The van der Waals surface area contributed by atoms with E-state index in [4.69, 9.17) is 11.6 Å². The van der Waals surface area contributed by atoms with Gasteiger partial charge in [-0.05, 0) is 19.9 Å². The molecule has 0 aliphatic rings. The molecule has 1 aromatic carbocycles. The first-order chi connectivity index (χ1) is 8.27. The van der Waals surface area contributed by atoms with E-state index in [1.54, 1.807) is 13.8 Å². The summed E-state index contributed by atoms with van der Waals surface area (Å²) in [6.07, 6.45) is 0. The molecule has 98 valence electrons. The third-order valence-corrected chi connectivity index (χ3v) is 3.03. The first-order valence-electron chi connectivity index (χ1n) is 5.09. The zero-order valence-corrected chi connectivity index (χ0v) is 10.6. The molecule has 0 aromatic heterocycles. The molecule has 0 spiro atoms. The van der Waals surface area contributed by atoms with Crippen LogP contribution in [0.15, 0.2) is 18.2 Å². The lowest BCUT2D eigenvalue weighted by molar-refractivity contribution is -0.384. The average Bonchev–Trinajstić information content (AvgIpc) is 2.31. The Hall–Kier alpha value is -1.69. The second kappa shape index (κ2) is 5.30. The molecule has 1 aromatic rings. The summed E-state index contributed by atoms with van der Waals surface area (Å²) in [5, 5.41) is 12.8. The van der Waals surface area contributed by atoms with Crippen LogP contribution in [-0.2, 0) is 4.79 Å². The number of halogens is 2. The number of rotatable bonds is 4. The van der Waals surface area contributed by atoms with Gasteiger partial charge in [-0.1, -0.05) is 0 Å². The Balaban J connectivity index is 3.01. The fourth-order valence-corrected chi connectivity index (χ4v) is 1.20. The van der Waals surface area contributed by atoms with Gasteiger partial charge in [0.25, 0.3) is 5.69 Å². The third kappa shape index (κ3) is 3.16. The van der Waals surface area contributed by atoms with Gasteiger partial charge >= 0.3 is 0 Å². The molecule has 0 atom stereocenters. The molecule has 0 heterocycles. The zero-order valence-electron chi connectivity index (χ0n) is 9.87. The molecule has 5 nitrogen and oxygen atoms in total. The number of nitrogens with one attached hydrogen (secondary N) is 1. The Bertz CT molecular complexity index is 491. The lowest BCUT2D eigenvalue weighted by Gasteiger charge is -2.20. The minimum absolute atomic E-state index is 0.0510. The number of carbonyl (C=O) groups is 1. The van der Waals surface area contributed by atoms with E-state index in [1.807, 2.05) is 0 Å². The van der Waals surface area contributed by atoms with E-state index in [0.29, 0.717) is 0 Å². The van der Waals surface area contributed by atoms with E-state index in [-0.39, 0.29) is 17.3 Å². The van der Waals surface area contributed by atoms with Crippen LogP contribution in [0.1, 0.15) is 13.8 Å². The number of nitro benzene ring substituents is 1. The summed E-state index contributed by atoms with van der Waals surface area (Å²) in [4.78, 5) is 21.7. The largest absolute Gasteiger partial charge is 0.323 e. The number of alkyl halides is 1. The van der Waals surface area contributed by atoms with Crippen LogP contribution in [0.5, 0.6) is 0 Å². The van der Waals surface area contributed by atoms with Crippen molar-refractivity contribution in [3.8, 4) is 0 Å². The van der Waals surface area contributed by atoms with Crippen LogP contribution in [0.2, 0.25) is 0 Å². The molecule has 0 unspecified atom stereocenters. The van der Waals surface area contributed by atoms with E-state index in [2.05, 4.69) is 5.32 Å². The van der Waals surface area contributed by atoms with Crippen LogP contribution in [0.4, 0.5) is 15.8 Å². The van der Waals surface area contributed by atoms with E-state index in [9.17, 15) is 19.3 Å². The van der Waals surface area contributed by atoms with E-state index in [1.165, 1.54) is 0 Å². The summed E-state index contributed by atoms with van der Waals surface area (Å²) < 4.78 is 13.4. The van der Waals surface area contributed by atoms with Gasteiger partial charge in [0.2, 0.25) is 5.91 Å². The van der Waals surface area contributed by atoms with Gasteiger partial charge in [-0.2, -0.15) is 0 Å². The van der Waals surface area contributed by atoms with E-state index >= 15 is 0 Å². The molecule has 1 rings (SSSR count). The molecule has 0 saturated carbocycles. The molecule has 18 heavy (non-hydrogen) atoms. The zero-order chi connectivity index (χ0) is 13.9. The van der Waals surface area contributed by atoms with Gasteiger partial charge in [0, 0.05) is 18.0 Å². The highest BCUT2D eigenvalue weighted by Gasteiger charge is 2.27. The highest BCUT2D eigenvalue weighted by molar-refractivity contribution is 6.20. The Morgan fingerprint density at radius 3 is 2.67 bits per heavy atom. The van der Waals surface area contributed by atoms with Crippen molar-refractivity contribution in [2.45, 2.75) is 13.8 Å². The maximum absolute atomic E-state index is 13.4. The van der Waals surface area contributed by atoms with Crippen molar-refractivity contribution in [1.82, 2.24) is 0 Å². The molecular weight excluding hydrogens is 263 g/mol. The van der Waals surface area contributed by atoms with Gasteiger partial charge in [-0.15, -0.1) is 11.6 Å². The van der Waals surface area contributed by atoms with Gasteiger partial charge in [0.05, 0.1) is 16.0 Å². The van der Waals surface area contributed by atoms with Crippen LogP contribution in [0.25, 0.3) is 0 Å². The number of benzene rings is 1. The van der Waals surface area contributed by atoms with Crippen molar-refractivity contribution in [2.75, 3.05) is 11.2 Å². The minimum atomic E-state index is -0.890. The highest BCUT2D eigenvalue weighted by Crippen LogP contribution is 2.24. The second-order valence-electron chi connectivity index (χ2n) is 4.39. The van der Waals surface area contributed by atoms with Crippen molar-refractivity contribution in [3.63, 3.8) is 0 Å². The minimum Gasteiger partial charge on any atom is -0.323 e. The van der Waals surface area contributed by atoms with Gasteiger partial charge in [0.1, 0.15) is 5.82 Å². The van der Waals surface area contributed by atoms with Crippen molar-refractivity contribution in [2.24, 2.45) is 5.41 Å². The number of carbonyl (C=O) groups excluding carboxylic acids is 1. The predicted octanol–water partition coefficient (Wildman–Crippen LogP) is 2.94. The van der Waals surface area contributed by atoms with Crippen LogP contribution in [-0.4, -0.2) is 16.7 Å². The lowest BCUT2D eigenvalue weighted by atomic mass is 9.95.